The normalized spacial score (nSPS) is 19.0. The van der Waals surface area contributed by atoms with Gasteiger partial charge in [-0.1, -0.05) is 61.6 Å². The maximum Gasteiger partial charge on any atom is 0.305 e. The van der Waals surface area contributed by atoms with Crippen LogP contribution in [0, 0.1) is 5.92 Å². The van der Waals surface area contributed by atoms with Crippen LogP contribution in [0.4, 0.5) is 0 Å². The highest BCUT2D eigenvalue weighted by Crippen LogP contribution is 2.21. The molecule has 5 heteroatoms. The minimum Gasteiger partial charge on any atom is -0.469 e. The molecule has 0 bridgehead atoms. The van der Waals surface area contributed by atoms with E-state index in [1.54, 1.807) is 0 Å². The van der Waals surface area contributed by atoms with Crippen molar-refractivity contribution in [3.8, 4) is 0 Å². The van der Waals surface area contributed by atoms with E-state index in [-0.39, 0.29) is 23.8 Å². The van der Waals surface area contributed by atoms with Crippen molar-refractivity contribution in [3.05, 3.63) is 60.2 Å². The van der Waals surface area contributed by atoms with Gasteiger partial charge in [-0.15, -0.1) is 0 Å². The van der Waals surface area contributed by atoms with E-state index in [1.165, 1.54) is 12.7 Å². The van der Waals surface area contributed by atoms with Crippen LogP contribution in [0.2, 0.25) is 0 Å². The second-order valence-corrected chi connectivity index (χ2v) is 7.97. The van der Waals surface area contributed by atoms with Gasteiger partial charge in [0.25, 0.3) is 0 Å². The first-order valence-electron chi connectivity index (χ1n) is 10.9. The van der Waals surface area contributed by atoms with Gasteiger partial charge in [0.1, 0.15) is 0 Å². The lowest BCUT2D eigenvalue weighted by Crippen LogP contribution is -2.32. The van der Waals surface area contributed by atoms with Gasteiger partial charge in [0.05, 0.1) is 19.3 Å². The topological polar surface area (TPSA) is 66.8 Å². The lowest BCUT2D eigenvalue weighted by molar-refractivity contribution is -0.140. The lowest BCUT2D eigenvalue weighted by atomic mass is 9.95. The van der Waals surface area contributed by atoms with Gasteiger partial charge in [-0.2, -0.15) is 0 Å². The number of likely N-dealkylation sites (tertiary alicyclic amines) is 1. The predicted octanol–water partition coefficient (Wildman–Crippen LogP) is 4.06. The average Bonchev–Trinajstić information content (AvgIpc) is 3.12. The summed E-state index contributed by atoms with van der Waals surface area (Å²) in [6.45, 7) is 2.62. The molecule has 2 rings (SSSR count). The fourth-order valence-electron chi connectivity index (χ4n) is 3.61. The maximum atomic E-state index is 12.2. The molecule has 30 heavy (non-hydrogen) atoms. The highest BCUT2D eigenvalue weighted by Gasteiger charge is 2.28. The summed E-state index contributed by atoms with van der Waals surface area (Å²) in [5.41, 5.74) is 1.28. The van der Waals surface area contributed by atoms with E-state index in [9.17, 15) is 14.7 Å². The van der Waals surface area contributed by atoms with E-state index in [4.69, 9.17) is 0 Å². The summed E-state index contributed by atoms with van der Waals surface area (Å²) in [5, 5.41) is 10.5. The summed E-state index contributed by atoms with van der Waals surface area (Å²) in [6.07, 6.45) is 12.5. The second kappa shape index (κ2) is 13.0. The number of amides is 1. The standard InChI is InChI=1S/C25H35NO4/c1-20(13-14-21-10-6-5-7-11-21)23(27)17-15-22-16-18-24(28)26(22)19-9-4-3-8-12-25(29)30-2/h4-7,9-11,15,17,20,22-23,27H,3,8,12-14,16,18-19H2,1-2H3/t20-,22?,23+/m0/s1. The highest BCUT2D eigenvalue weighted by atomic mass is 16.5. The summed E-state index contributed by atoms with van der Waals surface area (Å²) in [7, 11) is 1.39. The predicted molar refractivity (Wildman–Crippen MR) is 119 cm³/mol. The average molecular weight is 414 g/mol. The van der Waals surface area contributed by atoms with Crippen molar-refractivity contribution < 1.29 is 19.4 Å². The summed E-state index contributed by atoms with van der Waals surface area (Å²) in [6, 6.07) is 10.3. The molecule has 1 aromatic rings. The number of esters is 1. The number of methoxy groups -OCH3 is 1. The van der Waals surface area contributed by atoms with Gasteiger partial charge in [0.2, 0.25) is 5.91 Å². The molecule has 1 unspecified atom stereocenters. The summed E-state index contributed by atoms with van der Waals surface area (Å²) >= 11 is 0. The van der Waals surface area contributed by atoms with Crippen LogP contribution in [0.3, 0.4) is 0 Å². The number of aliphatic hydroxyl groups excluding tert-OH is 1. The number of unbranched alkanes of at least 4 members (excludes halogenated alkanes) is 1. The van der Waals surface area contributed by atoms with E-state index in [2.05, 4.69) is 23.8 Å². The number of rotatable bonds is 12. The van der Waals surface area contributed by atoms with Crippen LogP contribution < -0.4 is 0 Å². The van der Waals surface area contributed by atoms with Crippen LogP contribution in [0.1, 0.15) is 51.0 Å². The molecule has 1 N–H and O–H groups in total. The Labute approximate surface area is 180 Å². The molecular formula is C25H35NO4. The Kier molecular flexibility index (Phi) is 10.4. The first-order valence-corrected chi connectivity index (χ1v) is 10.9. The van der Waals surface area contributed by atoms with E-state index in [0.29, 0.717) is 19.4 Å². The summed E-state index contributed by atoms with van der Waals surface area (Å²) < 4.78 is 4.62. The van der Waals surface area contributed by atoms with Crippen molar-refractivity contribution in [2.75, 3.05) is 13.7 Å². The van der Waals surface area contributed by atoms with Gasteiger partial charge < -0.3 is 14.7 Å². The first kappa shape index (κ1) is 23.9. The zero-order valence-electron chi connectivity index (χ0n) is 18.2. The number of nitrogens with zero attached hydrogens (tertiary/aromatic N) is 1. The number of hydrogen-bond donors (Lipinski definition) is 1. The molecule has 1 saturated heterocycles. The highest BCUT2D eigenvalue weighted by molar-refractivity contribution is 5.79. The van der Waals surface area contributed by atoms with Gasteiger partial charge in [0, 0.05) is 19.4 Å². The van der Waals surface area contributed by atoms with E-state index in [0.717, 1.165) is 32.1 Å². The number of allylic oxidation sites excluding steroid dienone is 1. The summed E-state index contributed by atoms with van der Waals surface area (Å²) in [4.78, 5) is 25.2. The maximum absolute atomic E-state index is 12.2. The molecule has 0 aromatic heterocycles. The van der Waals surface area contributed by atoms with Gasteiger partial charge in [-0.3, -0.25) is 9.59 Å². The third-order valence-corrected chi connectivity index (χ3v) is 5.67. The van der Waals surface area contributed by atoms with Crippen LogP contribution in [0.25, 0.3) is 0 Å². The number of carbonyl (C=O) groups is 2. The molecule has 0 aliphatic carbocycles. The number of aryl methyl sites for hydroxylation is 1. The Morgan fingerprint density at radius 3 is 2.80 bits per heavy atom. The fraction of sp³-hybridized carbons (Fsp3) is 0.520. The Morgan fingerprint density at radius 1 is 1.30 bits per heavy atom. The molecule has 0 radical (unpaired) electrons. The molecule has 1 heterocycles. The first-order chi connectivity index (χ1) is 14.5. The Morgan fingerprint density at radius 2 is 2.07 bits per heavy atom. The summed E-state index contributed by atoms with van der Waals surface area (Å²) in [5.74, 6) is 0.108. The Hall–Kier alpha value is -2.40. The van der Waals surface area contributed by atoms with E-state index < -0.39 is 6.10 Å². The molecule has 164 valence electrons. The van der Waals surface area contributed by atoms with Crippen LogP contribution in [-0.4, -0.2) is 47.7 Å². The molecule has 1 aliphatic heterocycles. The van der Waals surface area contributed by atoms with Crippen molar-refractivity contribution in [2.45, 2.75) is 64.0 Å². The smallest absolute Gasteiger partial charge is 0.305 e. The minimum atomic E-state index is -0.514. The van der Waals surface area contributed by atoms with Crippen LogP contribution >= 0.6 is 0 Å². The third-order valence-electron chi connectivity index (χ3n) is 5.67. The zero-order valence-corrected chi connectivity index (χ0v) is 18.2. The van der Waals surface area contributed by atoms with Crippen LogP contribution in [-0.2, 0) is 20.7 Å². The molecular weight excluding hydrogens is 378 g/mol. The third kappa shape index (κ3) is 8.15. The number of carbonyl (C=O) groups excluding carboxylic acids is 2. The van der Waals surface area contributed by atoms with E-state index in [1.807, 2.05) is 47.4 Å². The molecule has 5 nitrogen and oxygen atoms in total. The number of ether oxygens (including phenoxy) is 1. The number of benzene rings is 1. The van der Waals surface area contributed by atoms with Crippen molar-refractivity contribution >= 4 is 11.9 Å². The quantitative estimate of drug-likeness (QED) is 0.319. The molecule has 1 fully saturated rings. The minimum absolute atomic E-state index is 0.0354. The fourth-order valence-corrected chi connectivity index (χ4v) is 3.61. The van der Waals surface area contributed by atoms with Crippen molar-refractivity contribution in [1.82, 2.24) is 4.90 Å². The molecule has 3 atom stereocenters. The van der Waals surface area contributed by atoms with Crippen molar-refractivity contribution in [1.29, 1.82) is 0 Å². The van der Waals surface area contributed by atoms with Crippen molar-refractivity contribution in [3.63, 3.8) is 0 Å². The van der Waals surface area contributed by atoms with E-state index >= 15 is 0 Å². The monoisotopic (exact) mass is 413 g/mol. The van der Waals surface area contributed by atoms with Crippen molar-refractivity contribution in [2.24, 2.45) is 5.92 Å². The Balaban J connectivity index is 1.76. The van der Waals surface area contributed by atoms with Crippen LogP contribution in [0.5, 0.6) is 0 Å². The largest absolute Gasteiger partial charge is 0.469 e. The number of hydrogen-bond acceptors (Lipinski definition) is 4. The lowest BCUT2D eigenvalue weighted by Gasteiger charge is -2.22. The van der Waals surface area contributed by atoms with Gasteiger partial charge in [-0.05, 0) is 43.6 Å². The molecule has 1 amide bonds. The molecule has 0 spiro atoms. The van der Waals surface area contributed by atoms with Gasteiger partial charge in [-0.25, -0.2) is 0 Å². The molecule has 0 saturated carbocycles. The Bertz CT molecular complexity index is 713. The molecule has 1 aliphatic rings. The van der Waals surface area contributed by atoms with Crippen LogP contribution in [0.15, 0.2) is 54.6 Å². The number of aliphatic hydroxyl groups is 1. The van der Waals surface area contributed by atoms with Gasteiger partial charge >= 0.3 is 5.97 Å². The van der Waals surface area contributed by atoms with Gasteiger partial charge in [0.15, 0.2) is 0 Å². The SMILES string of the molecule is COC(=O)CCCC=CCN1C(=O)CCC1C=C[C@@H](O)[C@@H](C)CCc1ccccc1. The molecule has 1 aromatic carbocycles. The second-order valence-electron chi connectivity index (χ2n) is 7.97. The zero-order chi connectivity index (χ0) is 21.8.